The van der Waals surface area contributed by atoms with Crippen LogP contribution in [0, 0.1) is 0 Å². The zero-order valence-electron chi connectivity index (χ0n) is 17.0. The molecule has 0 aliphatic rings. The summed E-state index contributed by atoms with van der Waals surface area (Å²) in [6.45, 7) is 2.11. The van der Waals surface area contributed by atoms with E-state index in [1.807, 2.05) is 68.7 Å². The van der Waals surface area contributed by atoms with Crippen LogP contribution in [-0.2, 0) is 5.75 Å². The van der Waals surface area contributed by atoms with E-state index in [1.165, 1.54) is 0 Å². The fourth-order valence-corrected chi connectivity index (χ4v) is 3.90. The molecule has 0 spiro atoms. The molecule has 0 bridgehead atoms. The molecule has 0 fully saturated rings. The zero-order valence-corrected chi connectivity index (χ0v) is 18.6. The first-order valence-electron chi connectivity index (χ1n) is 9.53. The van der Waals surface area contributed by atoms with Crippen molar-refractivity contribution < 1.29 is 4.42 Å². The minimum absolute atomic E-state index is 0.0965. The van der Waals surface area contributed by atoms with Crippen molar-refractivity contribution in [3.05, 3.63) is 77.4 Å². The Hall–Kier alpha value is -2.61. The summed E-state index contributed by atoms with van der Waals surface area (Å²) in [4.78, 5) is 6.71. The number of aromatic nitrogens is 4. The van der Waals surface area contributed by atoms with E-state index in [-0.39, 0.29) is 6.04 Å². The average Bonchev–Trinajstić information content (AvgIpc) is 3.40. The molecule has 0 saturated heterocycles. The Kier molecular flexibility index (Phi) is 6.22. The van der Waals surface area contributed by atoms with Crippen LogP contribution in [0.3, 0.4) is 0 Å². The van der Waals surface area contributed by atoms with Gasteiger partial charge in [0.1, 0.15) is 6.26 Å². The maximum Gasteiger partial charge on any atom is 0.226 e. The second-order valence-corrected chi connectivity index (χ2v) is 8.47. The van der Waals surface area contributed by atoms with Gasteiger partial charge in [0.25, 0.3) is 0 Å². The van der Waals surface area contributed by atoms with Gasteiger partial charge in [0.15, 0.2) is 11.0 Å². The Labute approximate surface area is 184 Å². The Morgan fingerprint density at radius 1 is 1.07 bits per heavy atom. The van der Waals surface area contributed by atoms with Crippen LogP contribution in [0.1, 0.15) is 24.5 Å². The average molecular weight is 440 g/mol. The maximum atomic E-state index is 6.09. The third-order valence-corrected chi connectivity index (χ3v) is 6.03. The van der Waals surface area contributed by atoms with Crippen molar-refractivity contribution >= 4 is 23.4 Å². The summed E-state index contributed by atoms with van der Waals surface area (Å²) in [6, 6.07) is 17.7. The fourth-order valence-electron chi connectivity index (χ4n) is 2.93. The third-order valence-electron chi connectivity index (χ3n) is 4.81. The van der Waals surface area contributed by atoms with Crippen LogP contribution in [0.15, 0.2) is 70.4 Å². The van der Waals surface area contributed by atoms with E-state index >= 15 is 0 Å². The number of benzene rings is 2. The minimum atomic E-state index is 0.0965. The van der Waals surface area contributed by atoms with Crippen molar-refractivity contribution in [2.24, 2.45) is 0 Å². The number of rotatable bonds is 7. The van der Waals surface area contributed by atoms with Gasteiger partial charge in [-0.3, -0.25) is 9.47 Å². The van der Waals surface area contributed by atoms with Gasteiger partial charge in [0.05, 0.1) is 11.7 Å². The van der Waals surface area contributed by atoms with Crippen LogP contribution in [0.4, 0.5) is 0 Å². The second-order valence-electron chi connectivity index (χ2n) is 7.09. The van der Waals surface area contributed by atoms with E-state index in [0.717, 1.165) is 27.9 Å². The summed E-state index contributed by atoms with van der Waals surface area (Å²) < 4.78 is 7.73. The highest BCUT2D eigenvalue weighted by atomic mass is 35.5. The number of hydrogen-bond donors (Lipinski definition) is 0. The molecule has 4 rings (SSSR count). The number of hydrogen-bond acceptors (Lipinski definition) is 6. The first kappa shape index (κ1) is 20.7. The Bertz CT molecular complexity index is 1110. The highest BCUT2D eigenvalue weighted by molar-refractivity contribution is 7.98. The predicted molar refractivity (Wildman–Crippen MR) is 120 cm³/mol. The lowest BCUT2D eigenvalue weighted by molar-refractivity contribution is 0.305. The highest BCUT2D eigenvalue weighted by Crippen LogP contribution is 2.30. The molecule has 2 aromatic heterocycles. The molecule has 154 valence electrons. The van der Waals surface area contributed by atoms with Gasteiger partial charge in [-0.1, -0.05) is 41.6 Å². The summed E-state index contributed by atoms with van der Waals surface area (Å²) in [7, 11) is 4.05. The van der Waals surface area contributed by atoms with E-state index in [1.54, 1.807) is 18.0 Å². The van der Waals surface area contributed by atoms with Gasteiger partial charge < -0.3 is 4.42 Å². The van der Waals surface area contributed by atoms with E-state index in [9.17, 15) is 0 Å². The van der Waals surface area contributed by atoms with Crippen LogP contribution >= 0.6 is 23.4 Å². The number of halogens is 1. The molecule has 0 saturated carbocycles. The molecule has 2 heterocycles. The quantitative estimate of drug-likeness (QED) is 0.355. The third kappa shape index (κ3) is 4.43. The molecule has 6 nitrogen and oxygen atoms in total. The second kappa shape index (κ2) is 9.04. The SMILES string of the molecule is CC(c1nnc(SCc2coc(-c3ccccc3)n2)n1-c1ccc(Cl)cc1)N(C)C. The van der Waals surface area contributed by atoms with Crippen LogP contribution in [0.25, 0.3) is 17.1 Å². The molecule has 0 aliphatic carbocycles. The lowest BCUT2D eigenvalue weighted by atomic mass is 10.2. The van der Waals surface area contributed by atoms with Crippen molar-refractivity contribution in [3.8, 4) is 17.1 Å². The standard InChI is InChI=1S/C22H22ClN5OS/c1-15(27(2)3)20-25-26-22(28(20)19-11-9-17(23)10-12-19)30-14-18-13-29-21(24-18)16-7-5-4-6-8-16/h4-13,15H,14H2,1-3H3. The molecule has 1 unspecified atom stereocenters. The van der Waals surface area contributed by atoms with Crippen LogP contribution in [-0.4, -0.2) is 38.7 Å². The molecule has 0 radical (unpaired) electrons. The lowest BCUT2D eigenvalue weighted by Gasteiger charge is -2.20. The smallest absolute Gasteiger partial charge is 0.226 e. The topological polar surface area (TPSA) is 60.0 Å². The predicted octanol–water partition coefficient (Wildman–Crippen LogP) is 5.49. The minimum Gasteiger partial charge on any atom is -0.444 e. The fraction of sp³-hybridized carbons (Fsp3) is 0.227. The normalized spacial score (nSPS) is 12.4. The van der Waals surface area contributed by atoms with E-state index in [0.29, 0.717) is 16.7 Å². The van der Waals surface area contributed by atoms with E-state index in [4.69, 9.17) is 16.0 Å². The molecule has 8 heteroatoms. The van der Waals surface area contributed by atoms with Crippen molar-refractivity contribution in [1.82, 2.24) is 24.6 Å². The van der Waals surface area contributed by atoms with Crippen LogP contribution in [0.2, 0.25) is 5.02 Å². The Morgan fingerprint density at radius 2 is 1.80 bits per heavy atom. The van der Waals surface area contributed by atoms with Crippen molar-refractivity contribution in [1.29, 1.82) is 0 Å². The number of oxazole rings is 1. The van der Waals surface area contributed by atoms with Gasteiger partial charge in [0.2, 0.25) is 5.89 Å². The Balaban J connectivity index is 1.60. The zero-order chi connectivity index (χ0) is 21.1. The van der Waals surface area contributed by atoms with Crippen molar-refractivity contribution in [2.75, 3.05) is 14.1 Å². The summed E-state index contributed by atoms with van der Waals surface area (Å²) in [6.07, 6.45) is 1.70. The Morgan fingerprint density at radius 3 is 2.50 bits per heavy atom. The maximum absolute atomic E-state index is 6.09. The molecule has 0 N–H and O–H groups in total. The molecule has 0 aliphatic heterocycles. The molecule has 4 aromatic rings. The summed E-state index contributed by atoms with van der Waals surface area (Å²) in [5, 5.41) is 10.4. The van der Waals surface area contributed by atoms with Gasteiger partial charge >= 0.3 is 0 Å². The molecular weight excluding hydrogens is 418 g/mol. The molecular formula is C22H22ClN5OS. The molecule has 1 atom stereocenters. The van der Waals surface area contributed by atoms with Gasteiger partial charge in [-0.05, 0) is 57.4 Å². The number of thioether (sulfide) groups is 1. The highest BCUT2D eigenvalue weighted by Gasteiger charge is 2.21. The van der Waals surface area contributed by atoms with Gasteiger partial charge in [0, 0.05) is 22.0 Å². The van der Waals surface area contributed by atoms with Gasteiger partial charge in [-0.15, -0.1) is 10.2 Å². The van der Waals surface area contributed by atoms with Crippen LogP contribution in [0.5, 0.6) is 0 Å². The van der Waals surface area contributed by atoms with Gasteiger partial charge in [-0.2, -0.15) is 0 Å². The first-order chi connectivity index (χ1) is 14.5. The largest absolute Gasteiger partial charge is 0.444 e. The van der Waals surface area contributed by atoms with Crippen molar-refractivity contribution in [3.63, 3.8) is 0 Å². The summed E-state index contributed by atoms with van der Waals surface area (Å²) >= 11 is 7.66. The summed E-state index contributed by atoms with van der Waals surface area (Å²) in [5.74, 6) is 2.11. The lowest BCUT2D eigenvalue weighted by Crippen LogP contribution is -2.20. The van der Waals surface area contributed by atoms with Crippen LogP contribution < -0.4 is 0 Å². The molecule has 2 aromatic carbocycles. The molecule has 0 amide bonds. The summed E-state index contributed by atoms with van der Waals surface area (Å²) in [5.41, 5.74) is 2.78. The van der Waals surface area contributed by atoms with E-state index < -0.39 is 0 Å². The monoisotopic (exact) mass is 439 g/mol. The van der Waals surface area contributed by atoms with Gasteiger partial charge in [-0.25, -0.2) is 4.98 Å². The van der Waals surface area contributed by atoms with Crippen molar-refractivity contribution in [2.45, 2.75) is 23.9 Å². The first-order valence-corrected chi connectivity index (χ1v) is 10.9. The molecule has 30 heavy (non-hydrogen) atoms. The number of nitrogens with zero attached hydrogens (tertiary/aromatic N) is 5. The van der Waals surface area contributed by atoms with E-state index in [2.05, 4.69) is 31.6 Å².